The first-order valence-corrected chi connectivity index (χ1v) is 7.99. The Labute approximate surface area is 116 Å². The summed E-state index contributed by atoms with van der Waals surface area (Å²) in [6, 6.07) is 0.578. The Morgan fingerprint density at radius 3 is 2.74 bits per heavy atom. The van der Waals surface area contributed by atoms with E-state index in [2.05, 4.69) is 29.0 Å². The van der Waals surface area contributed by atoms with Crippen molar-refractivity contribution in [3.63, 3.8) is 0 Å². The van der Waals surface area contributed by atoms with Crippen molar-refractivity contribution < 1.29 is 4.79 Å². The van der Waals surface area contributed by atoms with Gasteiger partial charge in [-0.05, 0) is 45.7 Å². The van der Waals surface area contributed by atoms with E-state index in [4.69, 9.17) is 0 Å². The molecule has 4 heteroatoms. The molecule has 19 heavy (non-hydrogen) atoms. The molecule has 2 atom stereocenters. The van der Waals surface area contributed by atoms with Crippen LogP contribution in [0.3, 0.4) is 0 Å². The number of likely N-dealkylation sites (N-methyl/N-ethyl adjacent to an activating group) is 1. The minimum Gasteiger partial charge on any atom is -0.324 e. The summed E-state index contributed by atoms with van der Waals surface area (Å²) < 4.78 is 0. The largest absolute Gasteiger partial charge is 0.324 e. The molecular formula is C15H27N3O. The van der Waals surface area contributed by atoms with Crippen molar-refractivity contribution in [2.75, 3.05) is 19.6 Å². The summed E-state index contributed by atoms with van der Waals surface area (Å²) in [6.45, 7) is 7.61. The SMILES string of the molecule is CCN1CCCC1CN1C(=O)C2(CCCC2)NC1C. The maximum atomic E-state index is 12.8. The lowest BCUT2D eigenvalue weighted by molar-refractivity contribution is -0.133. The van der Waals surface area contributed by atoms with Crippen LogP contribution in [0, 0.1) is 0 Å². The Hall–Kier alpha value is -0.610. The summed E-state index contributed by atoms with van der Waals surface area (Å²) in [4.78, 5) is 17.4. The predicted octanol–water partition coefficient (Wildman–Crippen LogP) is 1.56. The van der Waals surface area contributed by atoms with Crippen molar-refractivity contribution in [2.45, 2.75) is 70.1 Å². The normalized spacial score (nSPS) is 34.8. The number of carbonyl (C=O) groups is 1. The Balaban J connectivity index is 1.69. The second-order valence-corrected chi connectivity index (χ2v) is 6.49. The molecule has 2 heterocycles. The molecule has 2 unspecified atom stereocenters. The molecule has 108 valence electrons. The Morgan fingerprint density at radius 2 is 2.05 bits per heavy atom. The van der Waals surface area contributed by atoms with Crippen molar-refractivity contribution in [2.24, 2.45) is 0 Å². The lowest BCUT2D eigenvalue weighted by Gasteiger charge is -2.30. The van der Waals surface area contributed by atoms with Crippen LogP contribution in [0.1, 0.15) is 52.4 Å². The van der Waals surface area contributed by atoms with Crippen LogP contribution in [-0.4, -0.2) is 53.1 Å². The van der Waals surface area contributed by atoms with Gasteiger partial charge >= 0.3 is 0 Å². The summed E-state index contributed by atoms with van der Waals surface area (Å²) in [5.74, 6) is 0.375. The molecule has 0 aromatic carbocycles. The zero-order valence-corrected chi connectivity index (χ0v) is 12.3. The summed E-state index contributed by atoms with van der Waals surface area (Å²) in [6.07, 6.45) is 7.21. The molecular weight excluding hydrogens is 238 g/mol. The topological polar surface area (TPSA) is 35.6 Å². The van der Waals surface area contributed by atoms with Gasteiger partial charge in [-0.15, -0.1) is 0 Å². The third kappa shape index (κ3) is 2.19. The van der Waals surface area contributed by atoms with Gasteiger partial charge < -0.3 is 4.90 Å². The molecule has 4 nitrogen and oxygen atoms in total. The monoisotopic (exact) mass is 265 g/mol. The van der Waals surface area contributed by atoms with Gasteiger partial charge in [-0.2, -0.15) is 0 Å². The Morgan fingerprint density at radius 1 is 1.32 bits per heavy atom. The molecule has 0 bridgehead atoms. The van der Waals surface area contributed by atoms with E-state index in [1.54, 1.807) is 0 Å². The van der Waals surface area contributed by atoms with E-state index >= 15 is 0 Å². The van der Waals surface area contributed by atoms with Crippen molar-refractivity contribution in [1.82, 2.24) is 15.1 Å². The first kappa shape index (κ1) is 13.4. The number of hydrogen-bond acceptors (Lipinski definition) is 3. The minimum atomic E-state index is -0.199. The molecule has 0 aromatic rings. The number of hydrogen-bond donors (Lipinski definition) is 1. The summed E-state index contributed by atoms with van der Waals surface area (Å²) in [5, 5.41) is 3.59. The molecule has 1 aliphatic carbocycles. The van der Waals surface area contributed by atoms with Gasteiger partial charge in [0.05, 0.1) is 11.7 Å². The molecule has 3 fully saturated rings. The Bertz CT molecular complexity index is 351. The summed E-state index contributed by atoms with van der Waals surface area (Å²) in [7, 11) is 0. The van der Waals surface area contributed by atoms with Gasteiger partial charge in [-0.3, -0.25) is 15.0 Å². The molecule has 1 N–H and O–H groups in total. The van der Waals surface area contributed by atoms with Crippen LogP contribution in [0.15, 0.2) is 0 Å². The van der Waals surface area contributed by atoms with Crippen molar-refractivity contribution in [3.05, 3.63) is 0 Å². The fourth-order valence-corrected chi connectivity index (χ4v) is 4.31. The molecule has 2 saturated heterocycles. The first-order valence-electron chi connectivity index (χ1n) is 7.99. The quantitative estimate of drug-likeness (QED) is 0.841. The highest BCUT2D eigenvalue weighted by Crippen LogP contribution is 2.36. The second-order valence-electron chi connectivity index (χ2n) is 6.49. The highest BCUT2D eigenvalue weighted by Gasteiger charge is 2.51. The third-order valence-electron chi connectivity index (χ3n) is 5.39. The zero-order valence-electron chi connectivity index (χ0n) is 12.3. The van der Waals surface area contributed by atoms with Gasteiger partial charge in [-0.1, -0.05) is 19.8 Å². The number of likely N-dealkylation sites (tertiary alicyclic amines) is 1. The zero-order chi connectivity index (χ0) is 13.5. The fourth-order valence-electron chi connectivity index (χ4n) is 4.31. The van der Waals surface area contributed by atoms with Gasteiger partial charge in [0.2, 0.25) is 5.91 Å². The average molecular weight is 265 g/mol. The van der Waals surface area contributed by atoms with Gasteiger partial charge in [0.25, 0.3) is 0 Å². The highest BCUT2D eigenvalue weighted by atomic mass is 16.2. The Kier molecular flexibility index (Phi) is 3.56. The van der Waals surface area contributed by atoms with Crippen LogP contribution in [0.2, 0.25) is 0 Å². The van der Waals surface area contributed by atoms with Gasteiger partial charge in [-0.25, -0.2) is 0 Å². The van der Waals surface area contributed by atoms with Gasteiger partial charge in [0.1, 0.15) is 0 Å². The van der Waals surface area contributed by atoms with Crippen molar-refractivity contribution >= 4 is 5.91 Å². The van der Waals surface area contributed by atoms with Crippen LogP contribution >= 0.6 is 0 Å². The number of amides is 1. The van der Waals surface area contributed by atoms with Crippen molar-refractivity contribution in [1.29, 1.82) is 0 Å². The molecule has 3 aliphatic rings. The second kappa shape index (κ2) is 5.06. The van der Waals surface area contributed by atoms with Crippen LogP contribution < -0.4 is 5.32 Å². The lowest BCUT2D eigenvalue weighted by Crippen LogP contribution is -2.46. The first-order chi connectivity index (χ1) is 9.16. The molecule has 2 aliphatic heterocycles. The van der Waals surface area contributed by atoms with E-state index in [0.717, 1.165) is 25.9 Å². The van der Waals surface area contributed by atoms with Gasteiger partial charge in [0.15, 0.2) is 0 Å². The van der Waals surface area contributed by atoms with E-state index in [9.17, 15) is 4.79 Å². The molecule has 1 amide bonds. The van der Waals surface area contributed by atoms with E-state index < -0.39 is 0 Å². The molecule has 0 aromatic heterocycles. The van der Waals surface area contributed by atoms with E-state index in [-0.39, 0.29) is 11.7 Å². The number of nitrogens with one attached hydrogen (secondary N) is 1. The maximum Gasteiger partial charge on any atom is 0.244 e. The summed E-state index contributed by atoms with van der Waals surface area (Å²) in [5.41, 5.74) is -0.199. The number of nitrogens with zero attached hydrogens (tertiary/aromatic N) is 2. The highest BCUT2D eigenvalue weighted by molar-refractivity contribution is 5.89. The number of carbonyl (C=O) groups excluding carboxylic acids is 1. The van der Waals surface area contributed by atoms with Crippen LogP contribution in [0.4, 0.5) is 0 Å². The minimum absolute atomic E-state index is 0.199. The van der Waals surface area contributed by atoms with Crippen molar-refractivity contribution in [3.8, 4) is 0 Å². The van der Waals surface area contributed by atoms with E-state index in [1.807, 2.05) is 0 Å². The average Bonchev–Trinajstić information content (AvgIpc) is 3.08. The van der Waals surface area contributed by atoms with Crippen LogP contribution in [0.5, 0.6) is 0 Å². The molecule has 0 radical (unpaired) electrons. The van der Waals surface area contributed by atoms with E-state index in [0.29, 0.717) is 11.9 Å². The van der Waals surface area contributed by atoms with Crippen LogP contribution in [0.25, 0.3) is 0 Å². The number of rotatable bonds is 3. The maximum absolute atomic E-state index is 12.8. The molecule has 1 spiro atoms. The molecule has 3 rings (SSSR count). The smallest absolute Gasteiger partial charge is 0.244 e. The third-order valence-corrected chi connectivity index (χ3v) is 5.39. The lowest BCUT2D eigenvalue weighted by atomic mass is 9.98. The van der Waals surface area contributed by atoms with Crippen LogP contribution in [-0.2, 0) is 4.79 Å². The fraction of sp³-hybridized carbons (Fsp3) is 0.933. The standard InChI is InChI=1S/C15H27N3O/c1-3-17-10-6-7-13(17)11-18-12(2)16-15(14(18)19)8-4-5-9-15/h12-13,16H,3-11H2,1-2H3. The summed E-state index contributed by atoms with van der Waals surface area (Å²) >= 11 is 0. The van der Waals surface area contributed by atoms with Gasteiger partial charge in [0, 0.05) is 12.6 Å². The van der Waals surface area contributed by atoms with E-state index in [1.165, 1.54) is 32.2 Å². The predicted molar refractivity (Wildman–Crippen MR) is 75.8 cm³/mol. The molecule has 1 saturated carbocycles.